The number of hydrogen-bond acceptors (Lipinski definition) is 4. The third kappa shape index (κ3) is 3.73. The Balaban J connectivity index is 1.65. The molecule has 0 radical (unpaired) electrons. The second-order valence-corrected chi connectivity index (χ2v) is 9.32. The molecule has 1 fully saturated rings. The maximum Gasteiger partial charge on any atom is 0.317 e. The van der Waals surface area contributed by atoms with Gasteiger partial charge in [0.25, 0.3) is 0 Å². The Morgan fingerprint density at radius 2 is 1.67 bits per heavy atom. The van der Waals surface area contributed by atoms with E-state index < -0.39 is 0 Å². The van der Waals surface area contributed by atoms with Gasteiger partial charge < -0.3 is 10.1 Å². The largest absolute Gasteiger partial charge is 0.460 e. The lowest BCUT2D eigenvalue weighted by Gasteiger charge is -2.42. The van der Waals surface area contributed by atoms with E-state index in [1.165, 1.54) is 24.0 Å². The number of fused-ring (bicyclic) bond motifs is 1. The average molecular weight is 366 g/mol. The lowest BCUT2D eigenvalue weighted by atomic mass is 9.63. The first-order chi connectivity index (χ1) is 12.9. The van der Waals surface area contributed by atoms with Crippen LogP contribution in [0.4, 0.5) is 0 Å². The second kappa shape index (κ2) is 6.90. The van der Waals surface area contributed by atoms with E-state index in [-0.39, 0.29) is 16.9 Å². The molecule has 2 heterocycles. The summed E-state index contributed by atoms with van der Waals surface area (Å²) in [4.78, 5) is 9.06. The highest BCUT2D eigenvalue weighted by atomic mass is 16.5. The molecular formula is C23H31N3O. The van der Waals surface area contributed by atoms with Crippen molar-refractivity contribution in [3.8, 4) is 17.3 Å². The summed E-state index contributed by atoms with van der Waals surface area (Å²) in [6.07, 6.45) is 6.49. The van der Waals surface area contributed by atoms with Crippen molar-refractivity contribution in [1.82, 2.24) is 15.3 Å². The Hall–Kier alpha value is -1.94. The normalized spacial score (nSPS) is 21.5. The fourth-order valence-corrected chi connectivity index (χ4v) is 4.37. The van der Waals surface area contributed by atoms with E-state index in [9.17, 15) is 0 Å². The molecule has 1 saturated heterocycles. The lowest BCUT2D eigenvalue weighted by molar-refractivity contribution is 0.149. The fraction of sp³-hybridized carbons (Fsp3) is 0.565. The highest BCUT2D eigenvalue weighted by molar-refractivity contribution is 5.63. The summed E-state index contributed by atoms with van der Waals surface area (Å²) in [5.41, 5.74) is 5.45. The number of piperidine rings is 1. The van der Waals surface area contributed by atoms with Crippen molar-refractivity contribution in [3.05, 3.63) is 41.6 Å². The molecule has 144 valence electrons. The van der Waals surface area contributed by atoms with E-state index in [0.29, 0.717) is 6.01 Å². The summed E-state index contributed by atoms with van der Waals surface area (Å²) in [6, 6.07) is 9.33. The van der Waals surface area contributed by atoms with Crippen LogP contribution >= 0.6 is 0 Å². The number of rotatable bonds is 3. The summed E-state index contributed by atoms with van der Waals surface area (Å²) >= 11 is 0. The van der Waals surface area contributed by atoms with Crippen LogP contribution in [0.25, 0.3) is 11.3 Å². The lowest BCUT2D eigenvalue weighted by Crippen LogP contribution is -2.34. The molecule has 2 aromatic rings. The monoisotopic (exact) mass is 365 g/mol. The smallest absolute Gasteiger partial charge is 0.317 e. The van der Waals surface area contributed by atoms with Crippen molar-refractivity contribution in [2.24, 2.45) is 0 Å². The molecule has 2 aliphatic rings. The molecule has 0 amide bonds. The van der Waals surface area contributed by atoms with Crippen LogP contribution < -0.4 is 10.1 Å². The van der Waals surface area contributed by atoms with Crippen LogP contribution in [-0.2, 0) is 10.8 Å². The van der Waals surface area contributed by atoms with E-state index in [1.54, 1.807) is 0 Å². The van der Waals surface area contributed by atoms with Gasteiger partial charge in [0.1, 0.15) is 6.10 Å². The first-order valence-corrected chi connectivity index (χ1v) is 10.2. The topological polar surface area (TPSA) is 47.0 Å². The Morgan fingerprint density at radius 1 is 0.963 bits per heavy atom. The Labute approximate surface area is 162 Å². The summed E-state index contributed by atoms with van der Waals surface area (Å²) in [6.45, 7) is 11.4. The van der Waals surface area contributed by atoms with Gasteiger partial charge in [-0.05, 0) is 72.9 Å². The van der Waals surface area contributed by atoms with Gasteiger partial charge in [0.2, 0.25) is 0 Å². The standard InChI is InChI=1S/C23H31N3O/c1-22(2)10-11-23(3,4)19-15-16(5-6-18(19)22)20-9-14-25-21(26-20)27-17-7-12-24-13-8-17/h5-6,9,14-15,17,24H,7-8,10-13H2,1-4H3. The summed E-state index contributed by atoms with van der Waals surface area (Å²) < 4.78 is 6.04. The number of hydrogen-bond donors (Lipinski definition) is 1. The molecule has 1 aliphatic carbocycles. The Morgan fingerprint density at radius 3 is 2.41 bits per heavy atom. The average Bonchev–Trinajstić information content (AvgIpc) is 2.66. The molecule has 4 rings (SSSR count). The number of ether oxygens (including phenoxy) is 1. The second-order valence-electron chi connectivity index (χ2n) is 9.32. The molecule has 4 heteroatoms. The minimum atomic E-state index is 0.197. The predicted molar refractivity (Wildman–Crippen MR) is 109 cm³/mol. The molecule has 4 nitrogen and oxygen atoms in total. The number of nitrogens with zero attached hydrogens (tertiary/aromatic N) is 2. The molecule has 1 aromatic heterocycles. The SMILES string of the molecule is CC1(C)CCC(C)(C)c2cc(-c3ccnc(OC4CCNCC4)n3)ccc21. The first kappa shape index (κ1) is 18.4. The predicted octanol–water partition coefficient (Wildman–Crippen LogP) is 4.62. The van der Waals surface area contributed by atoms with Crippen LogP contribution in [0, 0.1) is 0 Å². The van der Waals surface area contributed by atoms with Crippen LogP contribution in [-0.4, -0.2) is 29.2 Å². The highest BCUT2D eigenvalue weighted by Gasteiger charge is 2.37. The molecule has 0 saturated carbocycles. The number of nitrogens with one attached hydrogen (secondary N) is 1. The van der Waals surface area contributed by atoms with E-state index in [0.717, 1.165) is 37.2 Å². The van der Waals surface area contributed by atoms with Gasteiger partial charge in [-0.25, -0.2) is 4.98 Å². The molecule has 0 unspecified atom stereocenters. The molecule has 0 atom stereocenters. The third-order valence-corrected chi connectivity index (χ3v) is 6.34. The van der Waals surface area contributed by atoms with Crippen molar-refractivity contribution in [1.29, 1.82) is 0 Å². The van der Waals surface area contributed by atoms with Gasteiger partial charge in [0.15, 0.2) is 0 Å². The van der Waals surface area contributed by atoms with Gasteiger partial charge >= 0.3 is 6.01 Å². The number of benzene rings is 1. The van der Waals surface area contributed by atoms with Crippen LogP contribution in [0.3, 0.4) is 0 Å². The van der Waals surface area contributed by atoms with Crippen LogP contribution in [0.1, 0.15) is 64.5 Å². The number of aromatic nitrogens is 2. The quantitative estimate of drug-likeness (QED) is 0.862. The third-order valence-electron chi connectivity index (χ3n) is 6.34. The fourth-order valence-electron chi connectivity index (χ4n) is 4.37. The molecule has 1 N–H and O–H groups in total. The molecule has 0 bridgehead atoms. The maximum atomic E-state index is 6.04. The molecule has 1 aliphatic heterocycles. The summed E-state index contributed by atoms with van der Waals surface area (Å²) in [5, 5.41) is 3.36. The highest BCUT2D eigenvalue weighted by Crippen LogP contribution is 2.46. The van der Waals surface area contributed by atoms with Gasteiger partial charge in [0, 0.05) is 11.8 Å². The van der Waals surface area contributed by atoms with E-state index >= 15 is 0 Å². The minimum absolute atomic E-state index is 0.197. The molecule has 27 heavy (non-hydrogen) atoms. The van der Waals surface area contributed by atoms with Crippen molar-refractivity contribution >= 4 is 0 Å². The zero-order valence-electron chi connectivity index (χ0n) is 17.0. The van der Waals surface area contributed by atoms with E-state index in [1.807, 2.05) is 12.3 Å². The van der Waals surface area contributed by atoms with Crippen molar-refractivity contribution in [2.45, 2.75) is 70.3 Å². The molecule has 0 spiro atoms. The van der Waals surface area contributed by atoms with Gasteiger partial charge in [-0.15, -0.1) is 0 Å². The zero-order chi connectivity index (χ0) is 19.1. The van der Waals surface area contributed by atoms with Crippen LogP contribution in [0.2, 0.25) is 0 Å². The minimum Gasteiger partial charge on any atom is -0.460 e. The van der Waals surface area contributed by atoms with Crippen molar-refractivity contribution in [2.75, 3.05) is 13.1 Å². The zero-order valence-corrected chi connectivity index (χ0v) is 17.0. The van der Waals surface area contributed by atoms with Gasteiger partial charge in [-0.3, -0.25) is 0 Å². The van der Waals surface area contributed by atoms with Crippen molar-refractivity contribution in [3.63, 3.8) is 0 Å². The van der Waals surface area contributed by atoms with E-state index in [4.69, 9.17) is 9.72 Å². The van der Waals surface area contributed by atoms with Gasteiger partial charge in [-0.2, -0.15) is 4.98 Å². The van der Waals surface area contributed by atoms with Crippen LogP contribution in [0.15, 0.2) is 30.5 Å². The van der Waals surface area contributed by atoms with E-state index in [2.05, 4.69) is 56.2 Å². The molecule has 1 aromatic carbocycles. The van der Waals surface area contributed by atoms with Gasteiger partial charge in [-0.1, -0.05) is 39.8 Å². The Bertz CT molecular complexity index is 822. The van der Waals surface area contributed by atoms with Crippen molar-refractivity contribution < 1.29 is 4.74 Å². The maximum absolute atomic E-state index is 6.04. The van der Waals surface area contributed by atoms with Gasteiger partial charge in [0.05, 0.1) is 5.69 Å². The molecular weight excluding hydrogens is 334 g/mol. The summed E-state index contributed by atoms with van der Waals surface area (Å²) in [5.74, 6) is 0. The first-order valence-electron chi connectivity index (χ1n) is 10.2. The van der Waals surface area contributed by atoms with Crippen LogP contribution in [0.5, 0.6) is 6.01 Å². The Kier molecular flexibility index (Phi) is 4.71. The summed E-state index contributed by atoms with van der Waals surface area (Å²) in [7, 11) is 0.